The maximum Gasteiger partial charge on any atom is 0.269 e. The number of nitrogens with two attached hydrogens (primary N) is 1. The summed E-state index contributed by atoms with van der Waals surface area (Å²) < 4.78 is 0. The van der Waals surface area contributed by atoms with Gasteiger partial charge in [-0.25, -0.2) is 0 Å². The minimum Gasteiger partial charge on any atom is -0.324 e. The van der Waals surface area contributed by atoms with Crippen LogP contribution in [0.5, 0.6) is 0 Å². The normalized spacial score (nSPS) is 18.9. The Balaban J connectivity index is 2.14. The fourth-order valence-electron chi connectivity index (χ4n) is 2.61. The van der Waals surface area contributed by atoms with Crippen molar-refractivity contribution >= 4 is 5.69 Å². The second kappa shape index (κ2) is 5.27. The number of nitro benzene ring substituents is 1. The monoisotopic (exact) mass is 234 g/mol. The van der Waals surface area contributed by atoms with Gasteiger partial charge >= 0.3 is 0 Å². The maximum absolute atomic E-state index is 10.7. The molecular weight excluding hydrogens is 216 g/mol. The van der Waals surface area contributed by atoms with E-state index in [1.54, 1.807) is 12.1 Å². The van der Waals surface area contributed by atoms with E-state index in [9.17, 15) is 10.1 Å². The van der Waals surface area contributed by atoms with Crippen LogP contribution in [0.1, 0.15) is 43.7 Å². The summed E-state index contributed by atoms with van der Waals surface area (Å²) >= 11 is 0. The molecule has 2 N–H and O–H groups in total. The summed E-state index contributed by atoms with van der Waals surface area (Å²) in [4.78, 5) is 10.4. The lowest BCUT2D eigenvalue weighted by Crippen LogP contribution is -2.23. The molecule has 4 nitrogen and oxygen atoms in total. The molecule has 0 unspecified atom stereocenters. The topological polar surface area (TPSA) is 69.2 Å². The molecule has 0 radical (unpaired) electrons. The highest BCUT2D eigenvalue weighted by molar-refractivity contribution is 5.35. The van der Waals surface area contributed by atoms with Crippen LogP contribution in [0.25, 0.3) is 0 Å². The zero-order valence-corrected chi connectivity index (χ0v) is 9.84. The van der Waals surface area contributed by atoms with Gasteiger partial charge in [-0.15, -0.1) is 0 Å². The van der Waals surface area contributed by atoms with Gasteiger partial charge < -0.3 is 5.73 Å². The summed E-state index contributed by atoms with van der Waals surface area (Å²) in [6.07, 6.45) is 6.03. The first kappa shape index (κ1) is 12.0. The third kappa shape index (κ3) is 2.82. The van der Waals surface area contributed by atoms with E-state index >= 15 is 0 Å². The van der Waals surface area contributed by atoms with E-state index in [4.69, 9.17) is 5.73 Å². The first-order valence-electron chi connectivity index (χ1n) is 6.18. The Labute approximate surface area is 101 Å². The number of non-ortho nitro benzene ring substituents is 1. The number of hydrogen-bond acceptors (Lipinski definition) is 3. The minimum absolute atomic E-state index is 0.0600. The van der Waals surface area contributed by atoms with Crippen LogP contribution in [-0.2, 0) is 0 Å². The number of hydrogen-bond donors (Lipinski definition) is 1. The Morgan fingerprint density at radius 3 is 2.65 bits per heavy atom. The van der Waals surface area contributed by atoms with Gasteiger partial charge in [0.2, 0.25) is 0 Å². The maximum atomic E-state index is 10.7. The average molecular weight is 234 g/mol. The third-order valence-corrected chi connectivity index (χ3v) is 3.62. The highest BCUT2D eigenvalue weighted by Gasteiger charge is 2.22. The van der Waals surface area contributed by atoms with E-state index in [0.717, 1.165) is 18.4 Å². The Morgan fingerprint density at radius 1 is 1.29 bits per heavy atom. The van der Waals surface area contributed by atoms with Crippen LogP contribution < -0.4 is 5.73 Å². The van der Waals surface area contributed by atoms with Crippen molar-refractivity contribution < 1.29 is 4.92 Å². The summed E-state index contributed by atoms with van der Waals surface area (Å²) in [5.74, 6) is 0.478. The molecule has 2 rings (SSSR count). The van der Waals surface area contributed by atoms with E-state index in [1.165, 1.54) is 25.3 Å². The van der Waals surface area contributed by atoms with Crippen molar-refractivity contribution in [1.29, 1.82) is 0 Å². The van der Waals surface area contributed by atoms with Gasteiger partial charge in [0, 0.05) is 18.2 Å². The fourth-order valence-corrected chi connectivity index (χ4v) is 2.61. The number of nitrogens with zero attached hydrogens (tertiary/aromatic N) is 1. The van der Waals surface area contributed by atoms with Crippen molar-refractivity contribution in [1.82, 2.24) is 0 Å². The van der Waals surface area contributed by atoms with Crippen LogP contribution in [0.4, 0.5) is 5.69 Å². The van der Waals surface area contributed by atoms with Gasteiger partial charge in [0.15, 0.2) is 0 Å². The van der Waals surface area contributed by atoms with Gasteiger partial charge in [-0.3, -0.25) is 10.1 Å². The Morgan fingerprint density at radius 2 is 2.00 bits per heavy atom. The van der Waals surface area contributed by atoms with E-state index in [0.29, 0.717) is 5.92 Å². The molecule has 0 saturated heterocycles. The molecule has 0 amide bonds. The van der Waals surface area contributed by atoms with Crippen LogP contribution in [0.3, 0.4) is 0 Å². The number of nitro groups is 1. The van der Waals surface area contributed by atoms with Crippen LogP contribution in [0.15, 0.2) is 24.3 Å². The van der Waals surface area contributed by atoms with Gasteiger partial charge in [-0.2, -0.15) is 0 Å². The lowest BCUT2D eigenvalue weighted by atomic mass is 9.81. The highest BCUT2D eigenvalue weighted by Crippen LogP contribution is 2.33. The molecule has 4 heteroatoms. The van der Waals surface area contributed by atoms with Crippen LogP contribution in [-0.4, -0.2) is 4.92 Å². The largest absolute Gasteiger partial charge is 0.324 e. The molecule has 1 aliphatic carbocycles. The van der Waals surface area contributed by atoms with E-state index in [1.807, 2.05) is 6.07 Å². The van der Waals surface area contributed by atoms with E-state index in [2.05, 4.69) is 0 Å². The van der Waals surface area contributed by atoms with Crippen molar-refractivity contribution in [3.8, 4) is 0 Å². The molecule has 0 aromatic heterocycles. The predicted octanol–water partition coefficient (Wildman–Crippen LogP) is 3.17. The molecule has 1 atom stereocenters. The number of rotatable bonds is 3. The van der Waals surface area contributed by atoms with Crippen LogP contribution in [0, 0.1) is 16.0 Å². The summed E-state index contributed by atoms with van der Waals surface area (Å²) in [5, 5.41) is 10.7. The highest BCUT2D eigenvalue weighted by atomic mass is 16.6. The molecule has 1 aliphatic rings. The third-order valence-electron chi connectivity index (χ3n) is 3.62. The van der Waals surface area contributed by atoms with Gasteiger partial charge in [0.1, 0.15) is 0 Å². The minimum atomic E-state index is -0.364. The molecule has 0 aliphatic heterocycles. The Bertz CT molecular complexity index is 400. The molecule has 92 valence electrons. The van der Waals surface area contributed by atoms with Crippen LogP contribution >= 0.6 is 0 Å². The molecule has 1 aromatic carbocycles. The smallest absolute Gasteiger partial charge is 0.269 e. The molecule has 17 heavy (non-hydrogen) atoms. The Kier molecular flexibility index (Phi) is 3.74. The lowest BCUT2D eigenvalue weighted by molar-refractivity contribution is -0.384. The number of benzene rings is 1. The molecule has 0 heterocycles. The zero-order chi connectivity index (χ0) is 12.3. The van der Waals surface area contributed by atoms with Crippen molar-refractivity contribution in [2.45, 2.75) is 38.1 Å². The zero-order valence-electron chi connectivity index (χ0n) is 9.84. The molecule has 1 fully saturated rings. The quantitative estimate of drug-likeness (QED) is 0.645. The summed E-state index contributed by atoms with van der Waals surface area (Å²) in [6.45, 7) is 0. The van der Waals surface area contributed by atoms with Crippen molar-refractivity contribution in [3.63, 3.8) is 0 Å². The lowest BCUT2D eigenvalue weighted by Gasteiger charge is -2.27. The summed E-state index contributed by atoms with van der Waals surface area (Å²) in [6, 6.07) is 6.67. The molecular formula is C13H18N2O2. The van der Waals surface area contributed by atoms with Gasteiger partial charge in [0.05, 0.1) is 4.92 Å². The summed E-state index contributed by atoms with van der Waals surface area (Å²) in [7, 11) is 0. The first-order chi connectivity index (χ1) is 8.18. The molecule has 1 saturated carbocycles. The van der Waals surface area contributed by atoms with Crippen molar-refractivity contribution in [2.75, 3.05) is 0 Å². The predicted molar refractivity (Wildman–Crippen MR) is 66.6 cm³/mol. The second-order valence-corrected chi connectivity index (χ2v) is 4.78. The fraction of sp³-hybridized carbons (Fsp3) is 0.538. The first-order valence-corrected chi connectivity index (χ1v) is 6.18. The second-order valence-electron chi connectivity index (χ2n) is 4.78. The van der Waals surface area contributed by atoms with Crippen molar-refractivity contribution in [2.24, 2.45) is 11.7 Å². The van der Waals surface area contributed by atoms with E-state index in [-0.39, 0.29) is 16.7 Å². The molecule has 1 aromatic rings. The molecule has 0 spiro atoms. The SMILES string of the molecule is N[C@@H](c1cccc([N+](=O)[O-])c1)C1CCCCC1. The molecule has 0 bridgehead atoms. The standard InChI is InChI=1S/C13H18N2O2/c14-13(10-5-2-1-3-6-10)11-7-4-8-12(9-11)15(16)17/h4,7-10,13H,1-3,5-6,14H2/t13-/m1/s1. The summed E-state index contributed by atoms with van der Waals surface area (Å²) in [5.41, 5.74) is 7.24. The van der Waals surface area contributed by atoms with Crippen LogP contribution in [0.2, 0.25) is 0 Å². The van der Waals surface area contributed by atoms with Gasteiger partial charge in [-0.1, -0.05) is 31.4 Å². The van der Waals surface area contributed by atoms with Crippen molar-refractivity contribution in [3.05, 3.63) is 39.9 Å². The average Bonchev–Trinajstić information content (AvgIpc) is 2.39. The van der Waals surface area contributed by atoms with E-state index < -0.39 is 0 Å². The Hall–Kier alpha value is -1.42. The van der Waals surface area contributed by atoms with Gasteiger partial charge in [0.25, 0.3) is 5.69 Å². The van der Waals surface area contributed by atoms with Gasteiger partial charge in [-0.05, 0) is 24.3 Å².